The van der Waals surface area contributed by atoms with Gasteiger partial charge in [-0.3, -0.25) is 4.90 Å². The van der Waals surface area contributed by atoms with Gasteiger partial charge in [-0.15, -0.1) is 0 Å². The van der Waals surface area contributed by atoms with E-state index < -0.39 is 0 Å². The maximum absolute atomic E-state index is 12.7. The first-order valence-corrected chi connectivity index (χ1v) is 10.5. The van der Waals surface area contributed by atoms with Gasteiger partial charge in [-0.25, -0.2) is 4.79 Å². The molecular formula is C21H27ClN4O3. The molecule has 156 valence electrons. The number of anilines is 2. The Bertz CT molecular complexity index is 802. The molecular weight excluding hydrogens is 392 g/mol. The first-order valence-electron chi connectivity index (χ1n) is 10.2. The number of carbonyl (C=O) groups excluding carboxylic acids is 1. The van der Waals surface area contributed by atoms with Crippen LogP contribution in [0, 0.1) is 0 Å². The summed E-state index contributed by atoms with van der Waals surface area (Å²) >= 11 is 6.19. The highest BCUT2D eigenvalue weighted by Gasteiger charge is 2.26. The Labute approximate surface area is 175 Å². The van der Waals surface area contributed by atoms with E-state index in [1.165, 1.54) is 12.8 Å². The second-order valence-corrected chi connectivity index (χ2v) is 7.81. The van der Waals surface area contributed by atoms with Crippen LogP contribution in [0.3, 0.4) is 0 Å². The Hall–Kier alpha value is -2.22. The van der Waals surface area contributed by atoms with Crippen LogP contribution in [0.2, 0.25) is 5.02 Å². The van der Waals surface area contributed by atoms with E-state index in [0.29, 0.717) is 30.5 Å². The third kappa shape index (κ3) is 5.04. The molecule has 2 saturated heterocycles. The number of morpholine rings is 1. The average Bonchev–Trinajstić information content (AvgIpc) is 3.44. The summed E-state index contributed by atoms with van der Waals surface area (Å²) in [4.78, 5) is 17.2. The number of furan rings is 1. The largest absolute Gasteiger partial charge is 0.468 e. The molecule has 0 bridgehead atoms. The lowest BCUT2D eigenvalue weighted by Crippen LogP contribution is -2.39. The highest BCUT2D eigenvalue weighted by Crippen LogP contribution is 2.30. The molecule has 0 aliphatic carbocycles. The van der Waals surface area contributed by atoms with Crippen LogP contribution >= 0.6 is 11.6 Å². The van der Waals surface area contributed by atoms with E-state index >= 15 is 0 Å². The second-order valence-electron chi connectivity index (χ2n) is 7.37. The number of benzene rings is 1. The standard InChI is InChI=1S/C21H27ClN4O3/c22-16-5-6-18(26-9-12-28-13-10-26)17(14-16)24-21(27)23-15-19(20-4-3-11-29-20)25-7-1-2-8-25/h3-6,11,14,19H,1-2,7-10,12-13,15H2,(H2,23,24,27). The number of rotatable bonds is 6. The van der Waals surface area contributed by atoms with Crippen LogP contribution in [0.15, 0.2) is 41.0 Å². The van der Waals surface area contributed by atoms with E-state index in [1.807, 2.05) is 24.3 Å². The molecule has 2 amide bonds. The molecule has 2 aromatic rings. The number of carbonyl (C=O) groups is 1. The van der Waals surface area contributed by atoms with E-state index in [4.69, 9.17) is 20.8 Å². The molecule has 2 aliphatic rings. The maximum Gasteiger partial charge on any atom is 0.319 e. The van der Waals surface area contributed by atoms with Gasteiger partial charge in [0.1, 0.15) is 5.76 Å². The molecule has 0 saturated carbocycles. The minimum atomic E-state index is -0.252. The van der Waals surface area contributed by atoms with Crippen molar-refractivity contribution in [1.82, 2.24) is 10.2 Å². The fourth-order valence-electron chi connectivity index (χ4n) is 3.99. The summed E-state index contributed by atoms with van der Waals surface area (Å²) in [7, 11) is 0. The topological polar surface area (TPSA) is 70.0 Å². The minimum absolute atomic E-state index is 0.0383. The number of hydrogen-bond acceptors (Lipinski definition) is 5. The van der Waals surface area contributed by atoms with Crippen molar-refractivity contribution in [2.75, 3.05) is 56.2 Å². The van der Waals surface area contributed by atoms with Gasteiger partial charge in [-0.05, 0) is 56.3 Å². The van der Waals surface area contributed by atoms with Crippen molar-refractivity contribution in [3.63, 3.8) is 0 Å². The highest BCUT2D eigenvalue weighted by molar-refractivity contribution is 6.31. The Balaban J connectivity index is 1.42. The number of halogens is 1. The highest BCUT2D eigenvalue weighted by atomic mass is 35.5. The molecule has 8 heteroatoms. The van der Waals surface area contributed by atoms with Gasteiger partial charge in [0, 0.05) is 24.7 Å². The van der Waals surface area contributed by atoms with E-state index in [9.17, 15) is 4.79 Å². The van der Waals surface area contributed by atoms with Crippen LogP contribution in [-0.2, 0) is 4.74 Å². The lowest BCUT2D eigenvalue weighted by Gasteiger charge is -2.31. The van der Waals surface area contributed by atoms with Crippen molar-refractivity contribution in [3.05, 3.63) is 47.4 Å². The summed E-state index contributed by atoms with van der Waals surface area (Å²) < 4.78 is 11.1. The van der Waals surface area contributed by atoms with Crippen LogP contribution in [0.1, 0.15) is 24.6 Å². The summed E-state index contributed by atoms with van der Waals surface area (Å²) in [6.07, 6.45) is 4.03. The van der Waals surface area contributed by atoms with Gasteiger partial charge in [0.2, 0.25) is 0 Å². The van der Waals surface area contributed by atoms with Crippen LogP contribution in [0.5, 0.6) is 0 Å². The lowest BCUT2D eigenvalue weighted by atomic mass is 10.2. The molecule has 3 heterocycles. The Morgan fingerprint density at radius 2 is 1.93 bits per heavy atom. The molecule has 29 heavy (non-hydrogen) atoms. The summed E-state index contributed by atoms with van der Waals surface area (Å²) in [5.74, 6) is 0.879. The quantitative estimate of drug-likeness (QED) is 0.748. The van der Waals surface area contributed by atoms with Crippen molar-refractivity contribution in [3.8, 4) is 0 Å². The van der Waals surface area contributed by atoms with E-state index in [-0.39, 0.29) is 12.1 Å². The van der Waals surface area contributed by atoms with E-state index in [2.05, 4.69) is 20.4 Å². The van der Waals surface area contributed by atoms with Crippen molar-refractivity contribution >= 4 is 29.0 Å². The van der Waals surface area contributed by atoms with Gasteiger partial charge in [0.25, 0.3) is 0 Å². The molecule has 1 atom stereocenters. The molecule has 4 rings (SSSR count). The number of likely N-dealkylation sites (tertiary alicyclic amines) is 1. The third-order valence-corrected chi connectivity index (χ3v) is 5.70. The van der Waals surface area contributed by atoms with Crippen LogP contribution in [-0.4, -0.2) is 56.9 Å². The predicted molar refractivity (Wildman–Crippen MR) is 114 cm³/mol. The number of amides is 2. The van der Waals surface area contributed by atoms with Gasteiger partial charge in [0.05, 0.1) is 36.9 Å². The molecule has 0 radical (unpaired) electrons. The Kier molecular flexibility index (Phi) is 6.59. The molecule has 2 fully saturated rings. The first kappa shape index (κ1) is 20.1. The summed E-state index contributed by atoms with van der Waals surface area (Å²) in [5.41, 5.74) is 1.66. The van der Waals surface area contributed by atoms with Crippen molar-refractivity contribution < 1.29 is 13.9 Å². The smallest absolute Gasteiger partial charge is 0.319 e. The normalized spacial score (nSPS) is 18.6. The maximum atomic E-state index is 12.7. The lowest BCUT2D eigenvalue weighted by molar-refractivity contribution is 0.123. The zero-order chi connectivity index (χ0) is 20.1. The summed E-state index contributed by atoms with van der Waals surface area (Å²) in [6, 6.07) is 9.22. The van der Waals surface area contributed by atoms with Crippen molar-refractivity contribution in [2.45, 2.75) is 18.9 Å². The van der Waals surface area contributed by atoms with Crippen molar-refractivity contribution in [2.24, 2.45) is 0 Å². The molecule has 7 nitrogen and oxygen atoms in total. The van der Waals surface area contributed by atoms with Gasteiger partial charge < -0.3 is 24.7 Å². The molecule has 1 aromatic heterocycles. The van der Waals surface area contributed by atoms with Crippen molar-refractivity contribution in [1.29, 1.82) is 0 Å². The van der Waals surface area contributed by atoms with Crippen LogP contribution < -0.4 is 15.5 Å². The number of nitrogens with one attached hydrogen (secondary N) is 2. The molecule has 1 aromatic carbocycles. The fraction of sp³-hybridized carbons (Fsp3) is 0.476. The third-order valence-electron chi connectivity index (χ3n) is 5.47. The summed E-state index contributed by atoms with van der Waals surface area (Å²) in [5, 5.41) is 6.57. The second kappa shape index (κ2) is 9.52. The van der Waals surface area contributed by atoms with Gasteiger partial charge in [-0.1, -0.05) is 11.6 Å². The zero-order valence-corrected chi connectivity index (χ0v) is 17.2. The molecule has 1 unspecified atom stereocenters. The minimum Gasteiger partial charge on any atom is -0.468 e. The van der Waals surface area contributed by atoms with Gasteiger partial charge in [-0.2, -0.15) is 0 Å². The summed E-state index contributed by atoms with van der Waals surface area (Å²) in [6.45, 7) is 5.44. The molecule has 2 aliphatic heterocycles. The van der Waals surface area contributed by atoms with E-state index in [1.54, 1.807) is 12.3 Å². The number of hydrogen-bond donors (Lipinski definition) is 2. The number of nitrogens with zero attached hydrogens (tertiary/aromatic N) is 2. The first-order chi connectivity index (χ1) is 14.2. The number of ether oxygens (including phenoxy) is 1. The van der Waals surface area contributed by atoms with E-state index in [0.717, 1.165) is 37.6 Å². The Morgan fingerprint density at radius 3 is 2.66 bits per heavy atom. The predicted octanol–water partition coefficient (Wildman–Crippen LogP) is 3.73. The molecule has 0 spiro atoms. The SMILES string of the molecule is O=C(NCC(c1ccco1)N1CCCC1)Nc1cc(Cl)ccc1N1CCOCC1. The Morgan fingerprint density at radius 1 is 1.14 bits per heavy atom. The number of urea groups is 1. The monoisotopic (exact) mass is 418 g/mol. The van der Waals surface area contributed by atoms with Crippen LogP contribution in [0.25, 0.3) is 0 Å². The zero-order valence-electron chi connectivity index (χ0n) is 16.4. The average molecular weight is 419 g/mol. The van der Waals surface area contributed by atoms with Gasteiger partial charge >= 0.3 is 6.03 Å². The molecule has 2 N–H and O–H groups in total. The van der Waals surface area contributed by atoms with Crippen LogP contribution in [0.4, 0.5) is 16.2 Å². The van der Waals surface area contributed by atoms with Gasteiger partial charge in [0.15, 0.2) is 0 Å². The fourth-order valence-corrected chi connectivity index (χ4v) is 4.16.